The van der Waals surface area contributed by atoms with Crippen molar-refractivity contribution in [1.29, 1.82) is 0 Å². The predicted octanol–water partition coefficient (Wildman–Crippen LogP) is 3.46. The van der Waals surface area contributed by atoms with Gasteiger partial charge in [0, 0.05) is 24.9 Å². The third-order valence-electron chi connectivity index (χ3n) is 4.07. The Morgan fingerprint density at radius 2 is 2.00 bits per heavy atom. The minimum absolute atomic E-state index is 0.0154. The number of rotatable bonds is 5. The molecule has 0 bridgehead atoms. The van der Waals surface area contributed by atoms with E-state index in [9.17, 15) is 18.0 Å². The zero-order valence-electron chi connectivity index (χ0n) is 14.6. The molecule has 1 fully saturated rings. The van der Waals surface area contributed by atoms with Crippen LogP contribution < -0.4 is 10.6 Å². The summed E-state index contributed by atoms with van der Waals surface area (Å²) in [5.41, 5.74) is -0.136. The van der Waals surface area contributed by atoms with Crippen LogP contribution >= 0.6 is 0 Å². The SMILES string of the molecule is Cc1nc(Nc2ccc(C(F)(F)F)cc2)cc(C(=O)NCC2CCCO2)n1. The number of carbonyl (C=O) groups is 1. The number of aromatic nitrogens is 2. The molecule has 1 aromatic heterocycles. The molecular formula is C18H19F3N4O2. The molecule has 2 aromatic rings. The summed E-state index contributed by atoms with van der Waals surface area (Å²) >= 11 is 0. The van der Waals surface area contributed by atoms with Crippen molar-refractivity contribution in [3.63, 3.8) is 0 Å². The highest BCUT2D eigenvalue weighted by atomic mass is 19.4. The van der Waals surface area contributed by atoms with E-state index in [-0.39, 0.29) is 17.7 Å². The minimum Gasteiger partial charge on any atom is -0.376 e. The molecular weight excluding hydrogens is 361 g/mol. The first-order chi connectivity index (χ1) is 12.8. The van der Waals surface area contributed by atoms with Gasteiger partial charge in [-0.3, -0.25) is 4.79 Å². The number of hydrogen-bond donors (Lipinski definition) is 2. The van der Waals surface area contributed by atoms with Crippen LogP contribution in [0.1, 0.15) is 34.7 Å². The molecule has 3 rings (SSSR count). The first kappa shape index (κ1) is 19.1. The van der Waals surface area contributed by atoms with E-state index in [4.69, 9.17) is 4.74 Å². The Morgan fingerprint density at radius 1 is 1.26 bits per heavy atom. The Kier molecular flexibility index (Phi) is 5.59. The molecule has 1 atom stereocenters. The minimum atomic E-state index is -4.39. The maximum Gasteiger partial charge on any atom is 0.416 e. The number of aryl methyl sites for hydroxylation is 1. The van der Waals surface area contributed by atoms with Crippen LogP contribution in [0, 0.1) is 6.92 Å². The van der Waals surface area contributed by atoms with Crippen LogP contribution in [-0.2, 0) is 10.9 Å². The van der Waals surface area contributed by atoms with Crippen LogP contribution in [0.5, 0.6) is 0 Å². The van der Waals surface area contributed by atoms with E-state index in [0.29, 0.717) is 30.5 Å². The van der Waals surface area contributed by atoms with Gasteiger partial charge in [-0.05, 0) is 44.0 Å². The summed E-state index contributed by atoms with van der Waals surface area (Å²) in [7, 11) is 0. The highest BCUT2D eigenvalue weighted by Gasteiger charge is 2.30. The molecule has 27 heavy (non-hydrogen) atoms. The second-order valence-electron chi connectivity index (χ2n) is 6.23. The molecule has 1 unspecified atom stereocenters. The zero-order chi connectivity index (χ0) is 19.4. The number of alkyl halides is 3. The van der Waals surface area contributed by atoms with Crippen molar-refractivity contribution in [3.05, 3.63) is 47.4 Å². The normalized spacial score (nSPS) is 17.0. The van der Waals surface area contributed by atoms with Crippen LogP contribution in [0.4, 0.5) is 24.7 Å². The summed E-state index contributed by atoms with van der Waals surface area (Å²) in [6, 6.07) is 6.02. The molecule has 9 heteroatoms. The second kappa shape index (κ2) is 7.91. The van der Waals surface area contributed by atoms with Gasteiger partial charge >= 0.3 is 6.18 Å². The van der Waals surface area contributed by atoms with E-state index in [1.54, 1.807) is 6.92 Å². The van der Waals surface area contributed by atoms with Crippen LogP contribution in [0.2, 0.25) is 0 Å². The van der Waals surface area contributed by atoms with E-state index in [2.05, 4.69) is 20.6 Å². The maximum absolute atomic E-state index is 12.6. The van der Waals surface area contributed by atoms with Crippen molar-refractivity contribution < 1.29 is 22.7 Å². The molecule has 144 valence electrons. The first-order valence-corrected chi connectivity index (χ1v) is 8.51. The molecule has 1 saturated heterocycles. The third-order valence-corrected chi connectivity index (χ3v) is 4.07. The van der Waals surface area contributed by atoms with Gasteiger partial charge in [0.2, 0.25) is 0 Å². The van der Waals surface area contributed by atoms with Crippen molar-refractivity contribution in [1.82, 2.24) is 15.3 Å². The Balaban J connectivity index is 1.68. The van der Waals surface area contributed by atoms with Crippen LogP contribution in [-0.4, -0.2) is 35.1 Å². The van der Waals surface area contributed by atoms with Gasteiger partial charge in [0.25, 0.3) is 5.91 Å². The summed E-state index contributed by atoms with van der Waals surface area (Å²) in [6.07, 6.45) is -2.49. The van der Waals surface area contributed by atoms with Crippen molar-refractivity contribution >= 4 is 17.4 Å². The van der Waals surface area contributed by atoms with E-state index in [0.717, 1.165) is 25.0 Å². The summed E-state index contributed by atoms with van der Waals surface area (Å²) in [5.74, 6) is 0.338. The van der Waals surface area contributed by atoms with Crippen LogP contribution in [0.15, 0.2) is 30.3 Å². The lowest BCUT2D eigenvalue weighted by molar-refractivity contribution is -0.137. The maximum atomic E-state index is 12.6. The highest BCUT2D eigenvalue weighted by molar-refractivity contribution is 5.93. The number of carbonyl (C=O) groups excluding carboxylic acids is 1. The quantitative estimate of drug-likeness (QED) is 0.831. The predicted molar refractivity (Wildman–Crippen MR) is 92.8 cm³/mol. The Hall–Kier alpha value is -2.68. The van der Waals surface area contributed by atoms with Gasteiger partial charge in [-0.15, -0.1) is 0 Å². The number of anilines is 2. The number of benzene rings is 1. The molecule has 2 N–H and O–H groups in total. The molecule has 1 aromatic carbocycles. The lowest BCUT2D eigenvalue weighted by atomic mass is 10.2. The standard InChI is InChI=1S/C18H19F3N4O2/c1-11-23-15(17(26)22-10-14-3-2-8-27-14)9-16(24-11)25-13-6-4-12(5-7-13)18(19,20)21/h4-7,9,14H,2-3,8,10H2,1H3,(H,22,26)(H,23,24,25). The lowest BCUT2D eigenvalue weighted by Gasteiger charge is -2.12. The number of amides is 1. The second-order valence-corrected chi connectivity index (χ2v) is 6.23. The number of nitrogens with one attached hydrogen (secondary N) is 2. The van der Waals surface area contributed by atoms with Crippen molar-refractivity contribution in [3.8, 4) is 0 Å². The van der Waals surface area contributed by atoms with Gasteiger partial charge < -0.3 is 15.4 Å². The van der Waals surface area contributed by atoms with Gasteiger partial charge in [0.05, 0.1) is 11.7 Å². The summed E-state index contributed by atoms with van der Waals surface area (Å²) < 4.78 is 43.4. The number of ether oxygens (including phenoxy) is 1. The van der Waals surface area contributed by atoms with Gasteiger partial charge in [-0.25, -0.2) is 9.97 Å². The fraction of sp³-hybridized carbons (Fsp3) is 0.389. The molecule has 0 aliphatic carbocycles. The fourth-order valence-electron chi connectivity index (χ4n) is 2.74. The highest BCUT2D eigenvalue weighted by Crippen LogP contribution is 2.30. The van der Waals surface area contributed by atoms with Gasteiger partial charge in [0.15, 0.2) is 0 Å². The Morgan fingerprint density at radius 3 is 2.63 bits per heavy atom. The fourth-order valence-corrected chi connectivity index (χ4v) is 2.74. The summed E-state index contributed by atoms with van der Waals surface area (Å²) in [5, 5.41) is 5.67. The number of hydrogen-bond acceptors (Lipinski definition) is 5. The van der Waals surface area contributed by atoms with Crippen molar-refractivity contribution in [2.75, 3.05) is 18.5 Å². The monoisotopic (exact) mass is 380 g/mol. The van der Waals surface area contributed by atoms with Crippen LogP contribution in [0.3, 0.4) is 0 Å². The van der Waals surface area contributed by atoms with Gasteiger partial charge in [0.1, 0.15) is 17.3 Å². The Bertz CT molecular complexity index is 803. The Labute approximate surface area is 154 Å². The largest absolute Gasteiger partial charge is 0.416 e. The molecule has 0 spiro atoms. The van der Waals surface area contributed by atoms with Crippen molar-refractivity contribution in [2.24, 2.45) is 0 Å². The van der Waals surface area contributed by atoms with Gasteiger partial charge in [-0.1, -0.05) is 0 Å². The molecule has 6 nitrogen and oxygen atoms in total. The summed E-state index contributed by atoms with van der Waals surface area (Å²) in [4.78, 5) is 20.6. The molecule has 0 radical (unpaired) electrons. The van der Waals surface area contributed by atoms with E-state index < -0.39 is 11.7 Å². The van der Waals surface area contributed by atoms with E-state index in [1.165, 1.54) is 18.2 Å². The smallest absolute Gasteiger partial charge is 0.376 e. The molecule has 0 saturated carbocycles. The molecule has 1 aliphatic rings. The topological polar surface area (TPSA) is 76.1 Å². The van der Waals surface area contributed by atoms with Crippen LogP contribution in [0.25, 0.3) is 0 Å². The van der Waals surface area contributed by atoms with E-state index >= 15 is 0 Å². The molecule has 1 aliphatic heterocycles. The first-order valence-electron chi connectivity index (χ1n) is 8.51. The average molecular weight is 380 g/mol. The number of nitrogens with zero attached hydrogens (tertiary/aromatic N) is 2. The van der Waals surface area contributed by atoms with Gasteiger partial charge in [-0.2, -0.15) is 13.2 Å². The van der Waals surface area contributed by atoms with E-state index in [1.807, 2.05) is 0 Å². The number of halogens is 3. The molecule has 2 heterocycles. The third kappa shape index (κ3) is 5.16. The summed E-state index contributed by atoms with van der Waals surface area (Å²) in [6.45, 7) is 2.74. The molecule has 1 amide bonds. The van der Waals surface area contributed by atoms with Crippen molar-refractivity contribution in [2.45, 2.75) is 32.0 Å². The average Bonchev–Trinajstić information content (AvgIpc) is 3.12. The lowest BCUT2D eigenvalue weighted by Crippen LogP contribution is -2.32. The zero-order valence-corrected chi connectivity index (χ0v) is 14.6.